The number of nitrogens with zero attached hydrogens (tertiary/aromatic N) is 1. The molecule has 110 valence electrons. The lowest BCUT2D eigenvalue weighted by atomic mass is 10.1. The minimum Gasteiger partial charge on any atom is -0.478 e. The molecule has 1 aromatic rings. The maximum Gasteiger partial charge on any atom is 0.337 e. The van der Waals surface area contributed by atoms with Gasteiger partial charge in [0.2, 0.25) is 0 Å². The second kappa shape index (κ2) is 8.42. The van der Waals surface area contributed by atoms with Crippen LogP contribution < -0.4 is 5.32 Å². The number of carboxylic acid groups (broad SMARTS) is 1. The van der Waals surface area contributed by atoms with Crippen LogP contribution in [0.2, 0.25) is 0 Å². The number of carboxylic acids is 1. The summed E-state index contributed by atoms with van der Waals surface area (Å²) in [6.07, 6.45) is 5.12. The lowest BCUT2D eigenvalue weighted by Gasteiger charge is -2.09. The first-order chi connectivity index (χ1) is 9.56. The smallest absolute Gasteiger partial charge is 0.337 e. The second-order valence-electron chi connectivity index (χ2n) is 4.27. The number of hydrogen-bond donors (Lipinski definition) is 2. The summed E-state index contributed by atoms with van der Waals surface area (Å²) in [6, 6.07) is 3.73. The third-order valence-corrected chi connectivity index (χ3v) is 3.48. The van der Waals surface area contributed by atoms with Crippen molar-refractivity contribution in [1.82, 2.24) is 0 Å². The van der Waals surface area contributed by atoms with Gasteiger partial charge in [-0.1, -0.05) is 6.42 Å². The summed E-state index contributed by atoms with van der Waals surface area (Å²) in [5.41, 5.74) is 0.246. The monoisotopic (exact) mass is 298 g/mol. The van der Waals surface area contributed by atoms with Gasteiger partial charge in [-0.2, -0.15) is 11.8 Å². The molecule has 2 N–H and O–H groups in total. The van der Waals surface area contributed by atoms with Crippen LogP contribution in [0.5, 0.6) is 0 Å². The zero-order valence-electron chi connectivity index (χ0n) is 11.3. The number of hydrogen-bond acceptors (Lipinski definition) is 5. The largest absolute Gasteiger partial charge is 0.478 e. The fourth-order valence-electron chi connectivity index (χ4n) is 1.75. The summed E-state index contributed by atoms with van der Waals surface area (Å²) in [4.78, 5) is 21.2. The molecule has 1 aromatic carbocycles. The molecule has 0 saturated heterocycles. The van der Waals surface area contributed by atoms with Crippen molar-refractivity contribution >= 4 is 29.1 Å². The van der Waals surface area contributed by atoms with Crippen molar-refractivity contribution in [2.45, 2.75) is 19.3 Å². The van der Waals surface area contributed by atoms with E-state index in [4.69, 9.17) is 5.11 Å². The van der Waals surface area contributed by atoms with Crippen molar-refractivity contribution in [3.8, 4) is 0 Å². The fraction of sp³-hybridized carbons (Fsp3) is 0.462. The van der Waals surface area contributed by atoms with Gasteiger partial charge in [0.1, 0.15) is 0 Å². The van der Waals surface area contributed by atoms with Crippen LogP contribution in [-0.4, -0.2) is 34.6 Å². The molecule has 0 fully saturated rings. The molecule has 0 aliphatic heterocycles. The van der Waals surface area contributed by atoms with Crippen LogP contribution in [0, 0.1) is 10.1 Å². The van der Waals surface area contributed by atoms with Crippen LogP contribution in [0.15, 0.2) is 18.2 Å². The first-order valence-electron chi connectivity index (χ1n) is 6.30. The van der Waals surface area contributed by atoms with Crippen LogP contribution in [-0.2, 0) is 0 Å². The number of nitro groups is 1. The summed E-state index contributed by atoms with van der Waals surface area (Å²) < 4.78 is 0. The quantitative estimate of drug-likeness (QED) is 0.413. The summed E-state index contributed by atoms with van der Waals surface area (Å²) >= 11 is 1.79. The highest BCUT2D eigenvalue weighted by Gasteiger charge is 2.14. The van der Waals surface area contributed by atoms with Gasteiger partial charge < -0.3 is 10.4 Å². The third-order valence-electron chi connectivity index (χ3n) is 2.79. The number of aromatic carboxylic acids is 1. The van der Waals surface area contributed by atoms with Crippen LogP contribution >= 0.6 is 11.8 Å². The standard InChI is InChI=1S/C13H18N2O4S/c1-20-8-4-2-3-7-14-12-9-10(15(18)19)5-6-11(12)13(16)17/h5-6,9,14H,2-4,7-8H2,1H3,(H,16,17). The van der Waals surface area contributed by atoms with E-state index in [1.807, 2.05) is 0 Å². The molecule has 6 nitrogen and oxygen atoms in total. The van der Waals surface area contributed by atoms with Crippen molar-refractivity contribution in [2.75, 3.05) is 23.9 Å². The van der Waals surface area contributed by atoms with Crippen molar-refractivity contribution in [3.63, 3.8) is 0 Å². The third kappa shape index (κ3) is 5.08. The molecule has 0 heterocycles. The van der Waals surface area contributed by atoms with E-state index in [0.29, 0.717) is 12.2 Å². The highest BCUT2D eigenvalue weighted by Crippen LogP contribution is 2.22. The first-order valence-corrected chi connectivity index (χ1v) is 7.70. The number of nitrogens with one attached hydrogen (secondary N) is 1. The fourth-order valence-corrected chi connectivity index (χ4v) is 2.24. The Labute approximate surface area is 121 Å². The Bertz CT molecular complexity index is 479. The number of unbranched alkanes of at least 4 members (excludes halogenated alkanes) is 2. The van der Waals surface area contributed by atoms with E-state index < -0.39 is 10.9 Å². The van der Waals surface area contributed by atoms with Crippen molar-refractivity contribution in [3.05, 3.63) is 33.9 Å². The second-order valence-corrected chi connectivity index (χ2v) is 5.26. The number of carbonyl (C=O) groups is 1. The number of rotatable bonds is 9. The molecule has 0 atom stereocenters. The van der Waals surface area contributed by atoms with Crippen LogP contribution in [0.1, 0.15) is 29.6 Å². The number of nitro benzene ring substituents is 1. The Kier molecular flexibility index (Phi) is 6.86. The molecular formula is C13H18N2O4S. The van der Waals surface area contributed by atoms with Gasteiger partial charge in [-0.05, 0) is 30.9 Å². The van der Waals surface area contributed by atoms with Gasteiger partial charge in [0.25, 0.3) is 5.69 Å². The van der Waals surface area contributed by atoms with E-state index in [1.54, 1.807) is 11.8 Å². The number of thioether (sulfide) groups is 1. The summed E-state index contributed by atoms with van der Waals surface area (Å²) in [5.74, 6) is 0.0155. The molecule has 7 heteroatoms. The van der Waals surface area contributed by atoms with Gasteiger partial charge in [0, 0.05) is 18.7 Å². The van der Waals surface area contributed by atoms with E-state index in [0.717, 1.165) is 25.0 Å². The van der Waals surface area contributed by atoms with E-state index in [1.165, 1.54) is 18.2 Å². The van der Waals surface area contributed by atoms with Crippen LogP contribution in [0.25, 0.3) is 0 Å². The Morgan fingerprint density at radius 1 is 1.40 bits per heavy atom. The SMILES string of the molecule is CSCCCCCNc1cc([N+](=O)[O-])ccc1C(=O)O. The Morgan fingerprint density at radius 2 is 2.15 bits per heavy atom. The molecule has 0 aromatic heterocycles. The van der Waals surface area contributed by atoms with Crippen LogP contribution in [0.4, 0.5) is 11.4 Å². The molecular weight excluding hydrogens is 280 g/mol. The summed E-state index contributed by atoms with van der Waals surface area (Å²) in [7, 11) is 0. The van der Waals surface area contributed by atoms with E-state index in [9.17, 15) is 14.9 Å². The van der Waals surface area contributed by atoms with Crippen molar-refractivity contribution < 1.29 is 14.8 Å². The Morgan fingerprint density at radius 3 is 2.75 bits per heavy atom. The van der Waals surface area contributed by atoms with Crippen molar-refractivity contribution in [2.24, 2.45) is 0 Å². The zero-order chi connectivity index (χ0) is 15.0. The normalized spacial score (nSPS) is 10.2. The molecule has 0 saturated carbocycles. The van der Waals surface area contributed by atoms with Gasteiger partial charge in [-0.25, -0.2) is 4.79 Å². The van der Waals surface area contributed by atoms with Crippen LogP contribution in [0.3, 0.4) is 0 Å². The van der Waals surface area contributed by atoms with E-state index >= 15 is 0 Å². The minimum atomic E-state index is -1.09. The number of non-ortho nitro benzene ring substituents is 1. The summed E-state index contributed by atoms with van der Waals surface area (Å²) in [6.45, 7) is 0.607. The van der Waals surface area contributed by atoms with E-state index in [2.05, 4.69) is 11.6 Å². The average Bonchev–Trinajstić information content (AvgIpc) is 2.42. The first kappa shape index (κ1) is 16.3. The molecule has 0 aliphatic rings. The lowest BCUT2D eigenvalue weighted by molar-refractivity contribution is -0.384. The van der Waals surface area contributed by atoms with Gasteiger partial charge in [0.05, 0.1) is 16.2 Å². The lowest BCUT2D eigenvalue weighted by Crippen LogP contribution is -2.08. The predicted octanol–water partition coefficient (Wildman–Crippen LogP) is 3.24. The molecule has 1 rings (SSSR count). The summed E-state index contributed by atoms with van der Waals surface area (Å²) in [5, 5.41) is 22.7. The molecule has 0 spiro atoms. The highest BCUT2D eigenvalue weighted by molar-refractivity contribution is 7.98. The molecule has 0 unspecified atom stereocenters. The molecule has 0 aliphatic carbocycles. The maximum atomic E-state index is 11.1. The number of benzene rings is 1. The van der Waals surface area contributed by atoms with Crippen molar-refractivity contribution in [1.29, 1.82) is 0 Å². The minimum absolute atomic E-state index is 0.0553. The van der Waals surface area contributed by atoms with Gasteiger partial charge >= 0.3 is 5.97 Å². The Hall–Kier alpha value is -1.76. The predicted molar refractivity (Wildman–Crippen MR) is 80.8 cm³/mol. The highest BCUT2D eigenvalue weighted by atomic mass is 32.2. The van der Waals surface area contributed by atoms with Gasteiger partial charge in [0.15, 0.2) is 0 Å². The maximum absolute atomic E-state index is 11.1. The number of anilines is 1. The zero-order valence-corrected chi connectivity index (χ0v) is 12.1. The van der Waals surface area contributed by atoms with Gasteiger partial charge in [-0.3, -0.25) is 10.1 Å². The van der Waals surface area contributed by atoms with E-state index in [-0.39, 0.29) is 11.3 Å². The average molecular weight is 298 g/mol. The van der Waals surface area contributed by atoms with Gasteiger partial charge in [-0.15, -0.1) is 0 Å². The molecule has 0 radical (unpaired) electrons. The molecule has 0 amide bonds. The molecule has 0 bridgehead atoms. The topological polar surface area (TPSA) is 92.5 Å². The Balaban J connectivity index is 2.63. The molecule has 20 heavy (non-hydrogen) atoms.